The van der Waals surface area contributed by atoms with Gasteiger partial charge in [0.25, 0.3) is 0 Å². The molecule has 0 radical (unpaired) electrons. The van der Waals surface area contributed by atoms with Crippen molar-refractivity contribution in [2.45, 2.75) is 63.3 Å². The SMILES string of the molecule is COCCOC(=O)C1CCCCN1C(=O)C(c1cc(OC)c(OC)c(OC)c1)C1CCCCC1. The number of carbonyl (C=O) groups excluding carboxylic acids is 2. The molecule has 1 aliphatic carbocycles. The van der Waals surface area contributed by atoms with Gasteiger partial charge in [-0.3, -0.25) is 4.79 Å². The van der Waals surface area contributed by atoms with E-state index < -0.39 is 6.04 Å². The topological polar surface area (TPSA) is 83.5 Å². The molecule has 1 aromatic carbocycles. The zero-order chi connectivity index (χ0) is 24.5. The lowest BCUT2D eigenvalue weighted by atomic mass is 9.75. The average molecular weight is 478 g/mol. The van der Waals surface area contributed by atoms with Crippen molar-refractivity contribution in [2.75, 3.05) is 48.2 Å². The van der Waals surface area contributed by atoms with Crippen LogP contribution in [-0.4, -0.2) is 71.0 Å². The number of nitrogens with zero attached hydrogens (tertiary/aromatic N) is 1. The van der Waals surface area contributed by atoms with E-state index >= 15 is 0 Å². The Hall–Kier alpha value is -2.48. The number of piperidine rings is 1. The summed E-state index contributed by atoms with van der Waals surface area (Å²) in [5.74, 6) is 0.991. The van der Waals surface area contributed by atoms with Crippen molar-refractivity contribution in [2.24, 2.45) is 5.92 Å². The number of ether oxygens (including phenoxy) is 5. The quantitative estimate of drug-likeness (QED) is 0.373. The van der Waals surface area contributed by atoms with Gasteiger partial charge in [-0.2, -0.15) is 0 Å². The summed E-state index contributed by atoms with van der Waals surface area (Å²) in [5, 5.41) is 0. The van der Waals surface area contributed by atoms with Gasteiger partial charge in [0.15, 0.2) is 11.5 Å². The van der Waals surface area contributed by atoms with E-state index in [2.05, 4.69) is 0 Å². The highest BCUT2D eigenvalue weighted by Crippen LogP contribution is 2.45. The van der Waals surface area contributed by atoms with Crippen LogP contribution in [0.15, 0.2) is 12.1 Å². The summed E-state index contributed by atoms with van der Waals surface area (Å²) in [6.45, 7) is 1.08. The first-order valence-corrected chi connectivity index (χ1v) is 12.3. The summed E-state index contributed by atoms with van der Waals surface area (Å²) in [6.07, 6.45) is 7.72. The number of carbonyl (C=O) groups is 2. The molecule has 8 nitrogen and oxygen atoms in total. The van der Waals surface area contributed by atoms with Crippen LogP contribution in [0, 0.1) is 5.92 Å². The Morgan fingerprint density at radius 1 is 0.882 bits per heavy atom. The van der Waals surface area contributed by atoms with E-state index in [1.165, 1.54) is 6.42 Å². The van der Waals surface area contributed by atoms with Gasteiger partial charge in [-0.05, 0) is 55.7 Å². The van der Waals surface area contributed by atoms with Crippen LogP contribution < -0.4 is 14.2 Å². The van der Waals surface area contributed by atoms with E-state index in [9.17, 15) is 9.59 Å². The van der Waals surface area contributed by atoms with Crippen molar-refractivity contribution in [1.82, 2.24) is 4.90 Å². The first kappa shape index (κ1) is 26.1. The van der Waals surface area contributed by atoms with Crippen LogP contribution in [0.4, 0.5) is 0 Å². The lowest BCUT2D eigenvalue weighted by molar-refractivity contribution is -0.159. The normalized spacial score (nSPS) is 19.9. The zero-order valence-electron chi connectivity index (χ0n) is 21.0. The van der Waals surface area contributed by atoms with Gasteiger partial charge in [0, 0.05) is 13.7 Å². The molecule has 190 valence electrons. The molecule has 2 fully saturated rings. The molecule has 0 aromatic heterocycles. The van der Waals surface area contributed by atoms with Crippen molar-refractivity contribution >= 4 is 11.9 Å². The predicted octanol–water partition coefficient (Wildman–Crippen LogP) is 3.95. The third kappa shape index (κ3) is 5.95. The van der Waals surface area contributed by atoms with E-state index in [4.69, 9.17) is 23.7 Å². The highest BCUT2D eigenvalue weighted by Gasteiger charge is 2.40. The van der Waals surface area contributed by atoms with Gasteiger partial charge in [0.2, 0.25) is 11.7 Å². The van der Waals surface area contributed by atoms with Crippen molar-refractivity contribution in [3.8, 4) is 17.2 Å². The number of hydrogen-bond donors (Lipinski definition) is 0. The molecule has 1 aliphatic heterocycles. The van der Waals surface area contributed by atoms with Crippen LogP contribution in [0.1, 0.15) is 62.8 Å². The number of rotatable bonds is 10. The molecule has 1 saturated carbocycles. The Kier molecular flexibility index (Phi) is 9.86. The van der Waals surface area contributed by atoms with Gasteiger partial charge in [-0.15, -0.1) is 0 Å². The molecule has 1 heterocycles. The second kappa shape index (κ2) is 12.8. The highest BCUT2D eigenvalue weighted by molar-refractivity contribution is 5.89. The summed E-state index contributed by atoms with van der Waals surface area (Å²) in [5.41, 5.74) is 0.837. The van der Waals surface area contributed by atoms with Crippen LogP contribution in [-0.2, 0) is 19.1 Å². The number of methoxy groups -OCH3 is 4. The molecule has 2 aliphatic rings. The van der Waals surface area contributed by atoms with Crippen LogP contribution >= 0.6 is 0 Å². The van der Waals surface area contributed by atoms with Crippen LogP contribution in [0.5, 0.6) is 17.2 Å². The molecule has 0 N–H and O–H groups in total. The number of hydrogen-bond acceptors (Lipinski definition) is 7. The van der Waals surface area contributed by atoms with Gasteiger partial charge in [-0.25, -0.2) is 4.79 Å². The second-order valence-electron chi connectivity index (χ2n) is 9.04. The molecule has 0 bridgehead atoms. The predicted molar refractivity (Wildman–Crippen MR) is 128 cm³/mol. The Morgan fingerprint density at radius 2 is 1.53 bits per heavy atom. The fourth-order valence-corrected chi connectivity index (χ4v) is 5.31. The largest absolute Gasteiger partial charge is 0.493 e. The Labute approximate surface area is 202 Å². The Bertz CT molecular complexity index is 796. The monoisotopic (exact) mass is 477 g/mol. The maximum Gasteiger partial charge on any atom is 0.328 e. The maximum atomic E-state index is 14.2. The minimum Gasteiger partial charge on any atom is -0.493 e. The third-order valence-corrected chi connectivity index (χ3v) is 7.02. The van der Waals surface area contributed by atoms with E-state index in [0.717, 1.165) is 44.1 Å². The lowest BCUT2D eigenvalue weighted by Crippen LogP contribution is -2.51. The number of likely N-dealkylation sites (tertiary alicyclic amines) is 1. The van der Waals surface area contributed by atoms with E-state index in [0.29, 0.717) is 36.8 Å². The van der Waals surface area contributed by atoms with Crippen LogP contribution in [0.3, 0.4) is 0 Å². The van der Waals surface area contributed by atoms with Gasteiger partial charge in [0.1, 0.15) is 12.6 Å². The summed E-state index contributed by atoms with van der Waals surface area (Å²) in [6, 6.07) is 3.20. The zero-order valence-corrected chi connectivity index (χ0v) is 21.0. The van der Waals surface area contributed by atoms with Gasteiger partial charge in [-0.1, -0.05) is 19.3 Å². The minimum absolute atomic E-state index is 0.0189. The number of esters is 1. The van der Waals surface area contributed by atoms with Crippen molar-refractivity contribution in [3.63, 3.8) is 0 Å². The molecule has 8 heteroatoms. The summed E-state index contributed by atoms with van der Waals surface area (Å²) in [4.78, 5) is 28.8. The molecule has 0 spiro atoms. The number of amides is 1. The molecule has 1 aromatic rings. The van der Waals surface area contributed by atoms with E-state index in [1.807, 2.05) is 12.1 Å². The smallest absolute Gasteiger partial charge is 0.328 e. The van der Waals surface area contributed by atoms with Crippen LogP contribution in [0.2, 0.25) is 0 Å². The van der Waals surface area contributed by atoms with Crippen molar-refractivity contribution in [3.05, 3.63) is 17.7 Å². The van der Waals surface area contributed by atoms with E-state index in [1.54, 1.807) is 33.3 Å². The van der Waals surface area contributed by atoms with Gasteiger partial charge in [0.05, 0.1) is 33.9 Å². The lowest BCUT2D eigenvalue weighted by Gasteiger charge is -2.39. The first-order valence-electron chi connectivity index (χ1n) is 12.3. The maximum absolute atomic E-state index is 14.2. The molecule has 2 unspecified atom stereocenters. The molecule has 34 heavy (non-hydrogen) atoms. The minimum atomic E-state index is -0.564. The molecule has 3 rings (SSSR count). The summed E-state index contributed by atoms with van der Waals surface area (Å²) < 4.78 is 27.1. The first-order chi connectivity index (χ1) is 16.5. The van der Waals surface area contributed by atoms with Crippen LogP contribution in [0.25, 0.3) is 0 Å². The average Bonchev–Trinajstić information content (AvgIpc) is 2.88. The number of benzene rings is 1. The fraction of sp³-hybridized carbons (Fsp3) is 0.692. The summed E-state index contributed by atoms with van der Waals surface area (Å²) >= 11 is 0. The van der Waals surface area contributed by atoms with Gasteiger partial charge >= 0.3 is 5.97 Å². The fourth-order valence-electron chi connectivity index (χ4n) is 5.31. The standard InChI is InChI=1S/C26H39NO7/c1-30-14-15-34-26(29)20-12-8-9-13-27(20)25(28)23(18-10-6-5-7-11-18)19-16-21(31-2)24(33-4)22(17-19)32-3/h16-18,20,23H,5-15H2,1-4H3. The summed E-state index contributed by atoms with van der Waals surface area (Å²) in [7, 11) is 6.29. The molecule has 1 saturated heterocycles. The molecular weight excluding hydrogens is 438 g/mol. The highest BCUT2D eigenvalue weighted by atomic mass is 16.6. The Balaban J connectivity index is 1.97. The van der Waals surface area contributed by atoms with Gasteiger partial charge < -0.3 is 28.6 Å². The van der Waals surface area contributed by atoms with Crippen molar-refractivity contribution in [1.29, 1.82) is 0 Å². The second-order valence-corrected chi connectivity index (χ2v) is 9.04. The third-order valence-electron chi connectivity index (χ3n) is 7.02. The van der Waals surface area contributed by atoms with E-state index in [-0.39, 0.29) is 30.3 Å². The molecular formula is C26H39NO7. The Morgan fingerprint density at radius 3 is 2.12 bits per heavy atom. The molecule has 1 amide bonds. The van der Waals surface area contributed by atoms with Crippen molar-refractivity contribution < 1.29 is 33.3 Å². The molecule has 2 atom stereocenters.